The van der Waals surface area contributed by atoms with Crippen LogP contribution in [-0.4, -0.2) is 10.7 Å². The Kier molecular flexibility index (Phi) is 16.9. The molecule has 0 aliphatic heterocycles. The van der Waals surface area contributed by atoms with Gasteiger partial charge in [0, 0.05) is 0 Å². The summed E-state index contributed by atoms with van der Waals surface area (Å²) in [6.45, 7) is 5.23. The summed E-state index contributed by atoms with van der Waals surface area (Å²) in [5.41, 5.74) is -0.500. The minimum absolute atomic E-state index is 0. The maximum absolute atomic E-state index is 8.52. The van der Waals surface area contributed by atoms with Crippen LogP contribution in [0.25, 0.3) is 0 Å². The molecule has 0 aromatic carbocycles. The molecule has 0 aliphatic carbocycles. The van der Waals surface area contributed by atoms with Gasteiger partial charge in [-0.2, -0.15) is 0 Å². The van der Waals surface area contributed by atoms with Gasteiger partial charge in [-0.25, -0.2) is 0 Å². The number of aliphatic hydroxyl groups is 1. The van der Waals surface area contributed by atoms with Gasteiger partial charge in [0.1, 0.15) is 0 Å². The summed E-state index contributed by atoms with van der Waals surface area (Å²) >= 11 is -0.417. The van der Waals surface area contributed by atoms with Crippen LogP contribution in [0.5, 0.6) is 0 Å². The van der Waals surface area contributed by atoms with Gasteiger partial charge in [0.2, 0.25) is 0 Å². The molecule has 0 aromatic rings. The second-order valence-electron chi connectivity index (χ2n) is 2.23. The van der Waals surface area contributed by atoms with Gasteiger partial charge in [-0.05, 0) is 20.8 Å². The predicted molar refractivity (Wildman–Crippen MR) is 22.0 cm³/mol. The molecule has 0 rings (SSSR count). The summed E-state index contributed by atoms with van der Waals surface area (Å²) in [6, 6.07) is 0. The van der Waals surface area contributed by atoms with Crippen molar-refractivity contribution in [2.24, 2.45) is 0 Å². The summed E-state index contributed by atoms with van der Waals surface area (Å²) < 4.78 is 16.5. The topological polar surface area (TPSA) is 66.3 Å². The van der Waals surface area contributed by atoms with Crippen molar-refractivity contribution in [3.63, 3.8) is 0 Å². The molecule has 0 atom stereocenters. The Balaban J connectivity index is -0.0000000800. The molecule has 3 nitrogen and oxygen atoms in total. The fourth-order valence-corrected chi connectivity index (χ4v) is 0. The Morgan fingerprint density at radius 2 is 1.22 bits per heavy atom. The number of halogens is 1. The number of hydrogen-bond donors (Lipinski definition) is 1. The minimum atomic E-state index is -0.500. The van der Waals surface area contributed by atoms with E-state index in [0.717, 1.165) is 0 Å². The van der Waals surface area contributed by atoms with E-state index in [1.54, 1.807) is 20.8 Å². The van der Waals surface area contributed by atoms with Crippen LogP contribution in [0.2, 0.25) is 0 Å². The molecule has 52 valence electrons. The van der Waals surface area contributed by atoms with E-state index in [4.69, 9.17) is 14.4 Å². The Bertz CT molecular complexity index is 39.6. The molecule has 5 heteroatoms. The van der Waals surface area contributed by atoms with Crippen LogP contribution in [-0.2, 0) is 0 Å². The molecule has 0 saturated carbocycles. The minimum Gasteiger partial charge on any atom is -0.544 e. The number of hydrogen-bond acceptors (Lipinski definition) is 3. The van der Waals surface area contributed by atoms with Crippen molar-refractivity contribution in [3.8, 4) is 0 Å². The first-order valence-corrected chi connectivity index (χ1v) is 2.65. The van der Waals surface area contributed by atoms with Gasteiger partial charge in [-0.3, -0.25) is 0 Å². The van der Waals surface area contributed by atoms with Crippen LogP contribution in [0.4, 0.5) is 0 Å². The van der Waals surface area contributed by atoms with Gasteiger partial charge in [0.05, 0.1) is 16.9 Å². The molecule has 0 aromatic heterocycles. The van der Waals surface area contributed by atoms with Crippen molar-refractivity contribution >= 4 is 0 Å². The maximum atomic E-state index is 8.52. The Labute approximate surface area is 81.4 Å². The van der Waals surface area contributed by atoms with Gasteiger partial charge >= 0.3 is 29.6 Å². The normalized spacial score (nSPS) is 8.67. The van der Waals surface area contributed by atoms with E-state index >= 15 is 0 Å². The molecule has 0 fully saturated rings. The monoisotopic (exact) mass is 164 g/mol. The zero-order chi connectivity index (χ0) is 7.21. The second kappa shape index (κ2) is 9.17. The second-order valence-corrected chi connectivity index (χ2v) is 2.36. The van der Waals surface area contributed by atoms with Crippen LogP contribution in [0, 0.1) is 11.3 Å². The summed E-state index contributed by atoms with van der Waals surface area (Å²) in [7, 11) is 0. The quantitative estimate of drug-likeness (QED) is 0.367. The molecule has 9 heavy (non-hydrogen) atoms. The van der Waals surface area contributed by atoms with Crippen LogP contribution >= 0.6 is 0 Å². The summed E-state index contributed by atoms with van der Waals surface area (Å²) in [5.74, 6) is 0. The molecule has 0 bridgehead atoms. The standard InChI is InChI=1S/C4H10O.ClO2.Na/c1-4(2,3)5;2-1-3;/h5H,1-3H3;;/q;-1;+1. The average molecular weight is 165 g/mol. The SMILES string of the molecule is CC(C)(C)O.[Na+].[O-][Cl+][O-]. The molecule has 1 N–H and O–H groups in total. The van der Waals surface area contributed by atoms with E-state index in [2.05, 4.69) is 0 Å². The van der Waals surface area contributed by atoms with E-state index in [1.165, 1.54) is 0 Å². The maximum Gasteiger partial charge on any atom is 1.00 e. The van der Waals surface area contributed by atoms with Crippen LogP contribution in [0.1, 0.15) is 20.8 Å². The molecular formula is C4H10ClNaO3. The van der Waals surface area contributed by atoms with Gasteiger partial charge < -0.3 is 14.4 Å². The largest absolute Gasteiger partial charge is 1.00 e. The van der Waals surface area contributed by atoms with Crippen molar-refractivity contribution in [3.05, 3.63) is 0 Å². The van der Waals surface area contributed by atoms with Gasteiger partial charge in [-0.1, -0.05) is 0 Å². The van der Waals surface area contributed by atoms with E-state index in [0.29, 0.717) is 0 Å². The van der Waals surface area contributed by atoms with E-state index in [-0.39, 0.29) is 29.6 Å². The third-order valence-electron chi connectivity index (χ3n) is 0. The van der Waals surface area contributed by atoms with Gasteiger partial charge in [0.25, 0.3) is 0 Å². The molecule has 0 aliphatic rings. The Morgan fingerprint density at radius 1 is 1.22 bits per heavy atom. The van der Waals surface area contributed by atoms with E-state index in [1.807, 2.05) is 0 Å². The van der Waals surface area contributed by atoms with Gasteiger partial charge in [0.15, 0.2) is 0 Å². The zero-order valence-electron chi connectivity index (χ0n) is 6.14. The van der Waals surface area contributed by atoms with Crippen molar-refractivity contribution < 1.29 is 55.3 Å². The van der Waals surface area contributed by atoms with Gasteiger partial charge in [-0.15, -0.1) is 0 Å². The smallest absolute Gasteiger partial charge is 0.544 e. The molecule has 0 unspecified atom stereocenters. The third-order valence-corrected chi connectivity index (χ3v) is 0. The van der Waals surface area contributed by atoms with E-state index in [9.17, 15) is 0 Å². The van der Waals surface area contributed by atoms with Crippen LogP contribution in [0.3, 0.4) is 0 Å². The van der Waals surface area contributed by atoms with Crippen molar-refractivity contribution in [2.45, 2.75) is 26.4 Å². The first-order valence-electron chi connectivity index (χ1n) is 2.03. The Hall–Kier alpha value is 1.17. The first-order chi connectivity index (χ1) is 3.41. The summed E-state index contributed by atoms with van der Waals surface area (Å²) in [5, 5.41) is 8.52. The van der Waals surface area contributed by atoms with E-state index < -0.39 is 16.9 Å². The predicted octanol–water partition coefficient (Wildman–Crippen LogP) is -4.60. The van der Waals surface area contributed by atoms with Crippen LogP contribution in [0.15, 0.2) is 0 Å². The molecule has 0 amide bonds. The fraction of sp³-hybridized carbons (Fsp3) is 1.00. The molecule has 0 heterocycles. The average Bonchev–Trinajstić information content (AvgIpc) is 1.27. The summed E-state index contributed by atoms with van der Waals surface area (Å²) in [4.78, 5) is 0. The van der Waals surface area contributed by atoms with Crippen LogP contribution < -0.4 is 38.9 Å². The zero-order valence-corrected chi connectivity index (χ0v) is 8.90. The summed E-state index contributed by atoms with van der Waals surface area (Å²) in [6.07, 6.45) is 0. The molecular weight excluding hydrogens is 154 g/mol. The molecule has 0 saturated heterocycles. The molecule has 0 radical (unpaired) electrons. The Morgan fingerprint density at radius 3 is 1.22 bits per heavy atom. The molecule has 0 spiro atoms. The fourth-order valence-electron chi connectivity index (χ4n) is 0. The van der Waals surface area contributed by atoms with Crippen molar-refractivity contribution in [2.75, 3.05) is 0 Å². The third kappa shape index (κ3) is 344. The van der Waals surface area contributed by atoms with Crippen molar-refractivity contribution in [1.82, 2.24) is 0 Å². The number of rotatable bonds is 0. The van der Waals surface area contributed by atoms with Crippen molar-refractivity contribution in [1.29, 1.82) is 0 Å². The first kappa shape index (κ1) is 16.6.